The van der Waals surface area contributed by atoms with E-state index in [-0.39, 0.29) is 0 Å². The number of unbranched alkanes of at least 4 members (excludes halogenated alkanes) is 3. The van der Waals surface area contributed by atoms with Crippen LogP contribution in [0.15, 0.2) is 30.3 Å². The molecule has 1 aliphatic rings. The summed E-state index contributed by atoms with van der Waals surface area (Å²) in [6.45, 7) is 2.44. The van der Waals surface area contributed by atoms with Gasteiger partial charge in [0.2, 0.25) is 0 Å². The summed E-state index contributed by atoms with van der Waals surface area (Å²) in [5.74, 6) is 1.30. The summed E-state index contributed by atoms with van der Waals surface area (Å²) in [6.07, 6.45) is 8.21. The molecule has 0 saturated carbocycles. The van der Waals surface area contributed by atoms with Crippen molar-refractivity contribution in [2.45, 2.75) is 43.8 Å². The highest BCUT2D eigenvalue weighted by Gasteiger charge is 2.12. The van der Waals surface area contributed by atoms with Crippen LogP contribution >= 0.6 is 11.8 Å². The van der Waals surface area contributed by atoms with E-state index >= 15 is 0 Å². The zero-order valence-corrected chi connectivity index (χ0v) is 12.1. The minimum absolute atomic E-state index is 0.882. The van der Waals surface area contributed by atoms with Crippen LogP contribution in [0.2, 0.25) is 0 Å². The molecular formula is C16H25NS. The van der Waals surface area contributed by atoms with Crippen LogP contribution in [0, 0.1) is 0 Å². The summed E-state index contributed by atoms with van der Waals surface area (Å²) >= 11 is 2.16. The van der Waals surface area contributed by atoms with Gasteiger partial charge in [-0.1, -0.05) is 49.6 Å². The lowest BCUT2D eigenvalue weighted by molar-refractivity contribution is 0.573. The SMILES string of the molecule is c1ccc(CCCCCCC2CNCCS2)cc1. The summed E-state index contributed by atoms with van der Waals surface area (Å²) in [5.41, 5.74) is 1.49. The van der Waals surface area contributed by atoms with Crippen molar-refractivity contribution in [2.75, 3.05) is 18.8 Å². The van der Waals surface area contributed by atoms with E-state index in [9.17, 15) is 0 Å². The first-order chi connectivity index (χ1) is 8.95. The van der Waals surface area contributed by atoms with Crippen molar-refractivity contribution in [3.05, 3.63) is 35.9 Å². The average molecular weight is 263 g/mol. The highest BCUT2D eigenvalue weighted by molar-refractivity contribution is 8.00. The van der Waals surface area contributed by atoms with Gasteiger partial charge >= 0.3 is 0 Å². The van der Waals surface area contributed by atoms with Crippen LogP contribution in [0.4, 0.5) is 0 Å². The fourth-order valence-corrected chi connectivity index (χ4v) is 3.67. The molecule has 0 aliphatic carbocycles. The molecule has 1 aromatic carbocycles. The second-order valence-corrected chi connectivity index (χ2v) is 6.54. The Morgan fingerprint density at radius 3 is 2.67 bits per heavy atom. The smallest absolute Gasteiger partial charge is 0.0172 e. The van der Waals surface area contributed by atoms with Crippen molar-refractivity contribution < 1.29 is 0 Å². The van der Waals surface area contributed by atoms with Crippen molar-refractivity contribution in [1.82, 2.24) is 5.32 Å². The van der Waals surface area contributed by atoms with Gasteiger partial charge in [-0.15, -0.1) is 0 Å². The van der Waals surface area contributed by atoms with Gasteiger partial charge in [0.1, 0.15) is 0 Å². The first-order valence-corrected chi connectivity index (χ1v) is 8.36. The highest BCUT2D eigenvalue weighted by Crippen LogP contribution is 2.20. The molecule has 1 atom stereocenters. The molecule has 1 unspecified atom stereocenters. The van der Waals surface area contributed by atoms with E-state index in [1.165, 1.54) is 62.9 Å². The number of thioether (sulfide) groups is 1. The molecule has 1 saturated heterocycles. The second kappa shape index (κ2) is 8.60. The van der Waals surface area contributed by atoms with Gasteiger partial charge in [-0.05, 0) is 24.8 Å². The molecule has 1 aromatic rings. The molecule has 1 N–H and O–H groups in total. The zero-order chi connectivity index (χ0) is 12.5. The number of benzene rings is 1. The Morgan fingerprint density at radius 1 is 1.06 bits per heavy atom. The Balaban J connectivity index is 1.46. The van der Waals surface area contributed by atoms with Gasteiger partial charge in [-0.3, -0.25) is 0 Å². The molecule has 1 aliphatic heterocycles. The van der Waals surface area contributed by atoms with Gasteiger partial charge in [-0.25, -0.2) is 0 Å². The van der Waals surface area contributed by atoms with Crippen LogP contribution in [0.5, 0.6) is 0 Å². The van der Waals surface area contributed by atoms with Gasteiger partial charge in [0, 0.05) is 24.1 Å². The molecule has 0 bridgehead atoms. The average Bonchev–Trinajstić information content (AvgIpc) is 2.45. The van der Waals surface area contributed by atoms with E-state index < -0.39 is 0 Å². The Labute approximate surface area is 116 Å². The molecule has 0 amide bonds. The predicted molar refractivity (Wildman–Crippen MR) is 82.3 cm³/mol. The fourth-order valence-electron chi connectivity index (χ4n) is 2.50. The van der Waals surface area contributed by atoms with E-state index in [0.717, 1.165) is 5.25 Å². The van der Waals surface area contributed by atoms with Crippen LogP contribution in [0.25, 0.3) is 0 Å². The molecular weight excluding hydrogens is 238 g/mol. The summed E-state index contributed by atoms with van der Waals surface area (Å²) in [7, 11) is 0. The van der Waals surface area contributed by atoms with E-state index in [4.69, 9.17) is 0 Å². The van der Waals surface area contributed by atoms with Crippen LogP contribution < -0.4 is 5.32 Å². The first-order valence-electron chi connectivity index (χ1n) is 7.31. The number of hydrogen-bond acceptors (Lipinski definition) is 2. The summed E-state index contributed by atoms with van der Waals surface area (Å²) < 4.78 is 0. The Hall–Kier alpha value is -0.470. The first kappa shape index (κ1) is 14.0. The van der Waals surface area contributed by atoms with Crippen molar-refractivity contribution in [2.24, 2.45) is 0 Å². The van der Waals surface area contributed by atoms with Gasteiger partial charge in [-0.2, -0.15) is 11.8 Å². The van der Waals surface area contributed by atoms with Crippen molar-refractivity contribution in [3.8, 4) is 0 Å². The summed E-state index contributed by atoms with van der Waals surface area (Å²) in [6, 6.07) is 10.9. The molecule has 0 spiro atoms. The molecule has 2 heteroatoms. The van der Waals surface area contributed by atoms with Crippen molar-refractivity contribution >= 4 is 11.8 Å². The van der Waals surface area contributed by atoms with Crippen molar-refractivity contribution in [3.63, 3.8) is 0 Å². The summed E-state index contributed by atoms with van der Waals surface area (Å²) in [4.78, 5) is 0. The molecule has 2 rings (SSSR count). The normalized spacial score (nSPS) is 19.9. The van der Waals surface area contributed by atoms with Gasteiger partial charge < -0.3 is 5.32 Å². The van der Waals surface area contributed by atoms with Gasteiger partial charge in [0.05, 0.1) is 0 Å². The van der Waals surface area contributed by atoms with E-state index in [0.29, 0.717) is 0 Å². The highest BCUT2D eigenvalue weighted by atomic mass is 32.2. The maximum atomic E-state index is 3.49. The topological polar surface area (TPSA) is 12.0 Å². The minimum Gasteiger partial charge on any atom is -0.315 e. The maximum Gasteiger partial charge on any atom is 0.0172 e. The zero-order valence-electron chi connectivity index (χ0n) is 11.2. The lowest BCUT2D eigenvalue weighted by Crippen LogP contribution is -2.32. The molecule has 0 radical (unpaired) electrons. The third kappa shape index (κ3) is 5.45. The number of aryl methyl sites for hydroxylation is 1. The number of rotatable bonds is 7. The number of nitrogens with one attached hydrogen (secondary N) is 1. The van der Waals surface area contributed by atoms with E-state index in [2.05, 4.69) is 47.4 Å². The summed E-state index contributed by atoms with van der Waals surface area (Å²) in [5, 5.41) is 4.37. The molecule has 1 heterocycles. The lowest BCUT2D eigenvalue weighted by atomic mass is 10.0. The molecule has 100 valence electrons. The standard InChI is InChI=1S/C16H25NS/c1(4-8-15-9-5-3-6-10-15)2-7-11-16-14-17-12-13-18-16/h3,5-6,9-10,16-17H,1-2,4,7-8,11-14H2. The second-order valence-electron chi connectivity index (χ2n) is 5.14. The third-order valence-corrected chi connectivity index (χ3v) is 4.90. The molecule has 18 heavy (non-hydrogen) atoms. The Bertz CT molecular complexity index is 306. The van der Waals surface area contributed by atoms with Crippen LogP contribution in [0.3, 0.4) is 0 Å². The third-order valence-electron chi connectivity index (χ3n) is 3.59. The van der Waals surface area contributed by atoms with Crippen molar-refractivity contribution in [1.29, 1.82) is 0 Å². The van der Waals surface area contributed by atoms with Gasteiger partial charge in [0.25, 0.3) is 0 Å². The molecule has 0 aromatic heterocycles. The number of hydrogen-bond donors (Lipinski definition) is 1. The van der Waals surface area contributed by atoms with Crippen LogP contribution in [-0.2, 0) is 6.42 Å². The van der Waals surface area contributed by atoms with E-state index in [1.54, 1.807) is 0 Å². The Kier molecular flexibility index (Phi) is 6.67. The lowest BCUT2D eigenvalue weighted by Gasteiger charge is -2.22. The predicted octanol–water partition coefficient (Wildman–Crippen LogP) is 3.88. The monoisotopic (exact) mass is 263 g/mol. The quantitative estimate of drug-likeness (QED) is 0.749. The maximum absolute atomic E-state index is 3.49. The minimum atomic E-state index is 0.882. The van der Waals surface area contributed by atoms with Crippen LogP contribution in [0.1, 0.15) is 37.7 Å². The molecule has 1 fully saturated rings. The molecule has 1 nitrogen and oxygen atoms in total. The Morgan fingerprint density at radius 2 is 1.89 bits per heavy atom. The van der Waals surface area contributed by atoms with E-state index in [1.807, 2.05) is 0 Å². The van der Waals surface area contributed by atoms with Crippen LogP contribution in [-0.4, -0.2) is 24.1 Å². The van der Waals surface area contributed by atoms with Gasteiger partial charge in [0.15, 0.2) is 0 Å². The fraction of sp³-hybridized carbons (Fsp3) is 0.625. The largest absolute Gasteiger partial charge is 0.315 e.